The number of rotatable bonds is 3. The highest BCUT2D eigenvalue weighted by atomic mass is 32.2. The number of aromatic nitrogens is 3. The lowest BCUT2D eigenvalue weighted by Gasteiger charge is -2.10. The Hall–Kier alpha value is -2.38. The van der Waals surface area contributed by atoms with Gasteiger partial charge in [0.15, 0.2) is 15.6 Å². The number of H-pyrrole nitrogens is 1. The SMILES string of the molecule is S=c1[nH]nc2n1C(c1ccccc1)SC2=NNc1ccccc1. The number of nitrogens with zero attached hydrogens (tertiary/aromatic N) is 3. The Bertz CT molecular complexity index is 899. The molecular weight excluding hydrogens is 326 g/mol. The summed E-state index contributed by atoms with van der Waals surface area (Å²) in [5.41, 5.74) is 5.18. The summed E-state index contributed by atoms with van der Waals surface area (Å²) in [7, 11) is 0. The zero-order valence-electron chi connectivity index (χ0n) is 12.0. The van der Waals surface area contributed by atoms with Crippen LogP contribution in [-0.4, -0.2) is 19.8 Å². The first-order chi connectivity index (χ1) is 11.3. The minimum Gasteiger partial charge on any atom is -0.281 e. The van der Waals surface area contributed by atoms with Crippen LogP contribution in [0.25, 0.3) is 0 Å². The normalized spacial score (nSPS) is 18.1. The van der Waals surface area contributed by atoms with Gasteiger partial charge in [0.1, 0.15) is 5.37 Å². The Morgan fingerprint density at radius 1 is 1.09 bits per heavy atom. The van der Waals surface area contributed by atoms with E-state index in [4.69, 9.17) is 12.2 Å². The molecule has 0 radical (unpaired) electrons. The van der Waals surface area contributed by atoms with E-state index in [9.17, 15) is 0 Å². The molecule has 4 rings (SSSR count). The van der Waals surface area contributed by atoms with Crippen molar-refractivity contribution in [2.75, 3.05) is 5.43 Å². The molecule has 1 aliphatic rings. The lowest BCUT2D eigenvalue weighted by atomic mass is 10.2. The number of para-hydroxylation sites is 1. The molecule has 1 unspecified atom stereocenters. The van der Waals surface area contributed by atoms with E-state index in [1.54, 1.807) is 11.8 Å². The number of hydrazone groups is 1. The van der Waals surface area contributed by atoms with Crippen LogP contribution in [0.3, 0.4) is 0 Å². The number of thioether (sulfide) groups is 1. The first kappa shape index (κ1) is 14.2. The van der Waals surface area contributed by atoms with Crippen LogP contribution in [0.2, 0.25) is 0 Å². The fourth-order valence-corrected chi connectivity index (χ4v) is 3.89. The predicted molar refractivity (Wildman–Crippen MR) is 96.2 cm³/mol. The Morgan fingerprint density at radius 2 is 1.78 bits per heavy atom. The van der Waals surface area contributed by atoms with Crippen LogP contribution in [0.1, 0.15) is 16.8 Å². The predicted octanol–water partition coefficient (Wildman–Crippen LogP) is 4.01. The Morgan fingerprint density at radius 3 is 2.52 bits per heavy atom. The molecule has 2 aromatic carbocycles. The van der Waals surface area contributed by atoms with Crippen LogP contribution in [0.4, 0.5) is 5.69 Å². The maximum atomic E-state index is 5.38. The summed E-state index contributed by atoms with van der Waals surface area (Å²) in [6.45, 7) is 0. The maximum absolute atomic E-state index is 5.38. The molecule has 1 aromatic heterocycles. The van der Waals surface area contributed by atoms with Gasteiger partial charge in [0.25, 0.3) is 0 Å². The molecule has 0 amide bonds. The first-order valence-corrected chi connectivity index (χ1v) is 8.39. The van der Waals surface area contributed by atoms with Crippen LogP contribution >= 0.6 is 24.0 Å². The van der Waals surface area contributed by atoms with Gasteiger partial charge >= 0.3 is 0 Å². The summed E-state index contributed by atoms with van der Waals surface area (Å²) in [5.74, 6) is 0.761. The number of fused-ring (bicyclic) bond motifs is 1. The van der Waals surface area contributed by atoms with Gasteiger partial charge in [0.2, 0.25) is 0 Å². The Kier molecular flexibility index (Phi) is 3.72. The second-order valence-corrected chi connectivity index (χ2v) is 6.45. The minimum atomic E-state index is 0.0498. The summed E-state index contributed by atoms with van der Waals surface area (Å²) in [4.78, 5) is 0. The smallest absolute Gasteiger partial charge is 0.196 e. The van der Waals surface area contributed by atoms with Crippen molar-refractivity contribution in [3.05, 3.63) is 76.8 Å². The van der Waals surface area contributed by atoms with E-state index in [1.807, 2.05) is 53.1 Å². The van der Waals surface area contributed by atoms with E-state index in [2.05, 4.69) is 32.9 Å². The van der Waals surface area contributed by atoms with Crippen molar-refractivity contribution in [2.45, 2.75) is 5.37 Å². The summed E-state index contributed by atoms with van der Waals surface area (Å²) < 4.78 is 2.60. The zero-order chi connectivity index (χ0) is 15.6. The summed E-state index contributed by atoms with van der Waals surface area (Å²) in [5, 5.41) is 12.5. The van der Waals surface area contributed by atoms with E-state index in [1.165, 1.54) is 5.56 Å². The highest BCUT2D eigenvalue weighted by Gasteiger charge is 2.32. The molecule has 0 bridgehead atoms. The molecule has 0 spiro atoms. The van der Waals surface area contributed by atoms with Gasteiger partial charge in [0, 0.05) is 0 Å². The summed E-state index contributed by atoms with van der Waals surface area (Å²) in [6.07, 6.45) is 0. The van der Waals surface area contributed by atoms with Crippen molar-refractivity contribution in [1.29, 1.82) is 0 Å². The van der Waals surface area contributed by atoms with Gasteiger partial charge < -0.3 is 0 Å². The highest BCUT2D eigenvalue weighted by molar-refractivity contribution is 8.15. The van der Waals surface area contributed by atoms with E-state index >= 15 is 0 Å². The lowest BCUT2D eigenvalue weighted by Crippen LogP contribution is -2.03. The second kappa shape index (κ2) is 6.02. The van der Waals surface area contributed by atoms with Crippen LogP contribution < -0.4 is 5.43 Å². The lowest BCUT2D eigenvalue weighted by molar-refractivity contribution is 0.768. The standard InChI is InChI=1S/C16H13N5S2/c22-16-20-18-13-14(19-17-12-9-5-2-6-10-12)23-15(21(13)16)11-7-3-1-4-8-11/h1-10,15,17H,(H,20,22). The number of hydrogen-bond acceptors (Lipinski definition) is 5. The average molecular weight is 339 g/mol. The van der Waals surface area contributed by atoms with Gasteiger partial charge in [-0.3, -0.25) is 15.1 Å². The number of hydrogen-bond donors (Lipinski definition) is 2. The molecule has 1 atom stereocenters. The second-order valence-electron chi connectivity index (χ2n) is 5.00. The summed E-state index contributed by atoms with van der Waals surface area (Å²) >= 11 is 7.01. The third kappa shape index (κ3) is 2.69. The quantitative estimate of drug-likeness (QED) is 0.559. The Labute approximate surface area is 142 Å². The molecule has 5 nitrogen and oxygen atoms in total. The molecule has 23 heavy (non-hydrogen) atoms. The summed E-state index contributed by atoms with van der Waals surface area (Å²) in [6, 6.07) is 20.1. The highest BCUT2D eigenvalue weighted by Crippen LogP contribution is 2.40. The van der Waals surface area contributed by atoms with Crippen LogP contribution in [0.5, 0.6) is 0 Å². The van der Waals surface area contributed by atoms with E-state index < -0.39 is 0 Å². The third-order valence-electron chi connectivity index (χ3n) is 3.50. The molecule has 2 heterocycles. The molecule has 0 saturated carbocycles. The zero-order valence-corrected chi connectivity index (χ0v) is 13.6. The van der Waals surface area contributed by atoms with Gasteiger partial charge in [-0.15, -0.1) is 0 Å². The van der Waals surface area contributed by atoms with Crippen molar-refractivity contribution in [3.63, 3.8) is 0 Å². The van der Waals surface area contributed by atoms with Crippen LogP contribution in [0.15, 0.2) is 65.8 Å². The van der Waals surface area contributed by atoms with Crippen LogP contribution in [0, 0.1) is 4.77 Å². The monoisotopic (exact) mass is 339 g/mol. The third-order valence-corrected chi connectivity index (χ3v) is 4.99. The number of benzene rings is 2. The maximum Gasteiger partial charge on any atom is 0.196 e. The van der Waals surface area contributed by atoms with Gasteiger partial charge in [-0.2, -0.15) is 10.2 Å². The van der Waals surface area contributed by atoms with Gasteiger partial charge in [-0.1, -0.05) is 60.3 Å². The van der Waals surface area contributed by atoms with Crippen molar-refractivity contribution in [1.82, 2.24) is 14.8 Å². The van der Waals surface area contributed by atoms with E-state index in [-0.39, 0.29) is 5.37 Å². The molecule has 7 heteroatoms. The number of nitrogens with one attached hydrogen (secondary N) is 2. The molecule has 1 aliphatic heterocycles. The molecule has 0 aliphatic carbocycles. The van der Waals surface area contributed by atoms with E-state index in [0.29, 0.717) is 4.77 Å². The van der Waals surface area contributed by atoms with Crippen LogP contribution in [-0.2, 0) is 0 Å². The molecule has 3 aromatic rings. The van der Waals surface area contributed by atoms with Crippen molar-refractivity contribution in [2.24, 2.45) is 5.10 Å². The van der Waals surface area contributed by atoms with Crippen molar-refractivity contribution < 1.29 is 0 Å². The first-order valence-electron chi connectivity index (χ1n) is 7.10. The van der Waals surface area contributed by atoms with Gasteiger partial charge in [-0.25, -0.2) is 0 Å². The minimum absolute atomic E-state index is 0.0498. The largest absolute Gasteiger partial charge is 0.281 e. The number of aromatic amines is 1. The van der Waals surface area contributed by atoms with Crippen molar-refractivity contribution in [3.8, 4) is 0 Å². The molecule has 0 saturated heterocycles. The fraction of sp³-hybridized carbons (Fsp3) is 0.0625. The molecule has 0 fully saturated rings. The molecule has 2 N–H and O–H groups in total. The fourth-order valence-electron chi connectivity index (χ4n) is 2.42. The number of anilines is 1. The molecular formula is C16H13N5S2. The van der Waals surface area contributed by atoms with Gasteiger partial charge in [-0.05, 0) is 29.9 Å². The van der Waals surface area contributed by atoms with Crippen molar-refractivity contribution >= 4 is 34.7 Å². The molecule has 114 valence electrons. The van der Waals surface area contributed by atoms with Gasteiger partial charge in [0.05, 0.1) is 5.69 Å². The van der Waals surface area contributed by atoms with E-state index in [0.717, 1.165) is 16.6 Å². The topological polar surface area (TPSA) is 58.0 Å². The Balaban J connectivity index is 1.70. The average Bonchev–Trinajstić information content (AvgIpc) is 3.16.